The van der Waals surface area contributed by atoms with Gasteiger partial charge in [0.2, 0.25) is 0 Å². The Labute approximate surface area is 98.7 Å². The maximum absolute atomic E-state index is 11.4. The van der Waals surface area contributed by atoms with E-state index in [2.05, 4.69) is 27.7 Å². The zero-order chi connectivity index (χ0) is 12.0. The van der Waals surface area contributed by atoms with Gasteiger partial charge in [-0.05, 0) is 37.0 Å². The van der Waals surface area contributed by atoms with Crippen molar-refractivity contribution < 1.29 is 9.53 Å². The van der Waals surface area contributed by atoms with Crippen molar-refractivity contribution in [1.82, 2.24) is 0 Å². The Morgan fingerprint density at radius 2 is 1.81 bits per heavy atom. The van der Waals surface area contributed by atoms with Crippen LogP contribution in [-0.2, 0) is 9.53 Å². The molecule has 0 radical (unpaired) electrons. The fourth-order valence-electron chi connectivity index (χ4n) is 3.37. The van der Waals surface area contributed by atoms with Crippen LogP contribution in [-0.4, -0.2) is 11.6 Å². The van der Waals surface area contributed by atoms with Crippen LogP contribution in [0.5, 0.6) is 0 Å². The van der Waals surface area contributed by atoms with Gasteiger partial charge in [-0.1, -0.05) is 27.7 Å². The van der Waals surface area contributed by atoms with Crippen LogP contribution in [0.3, 0.4) is 0 Å². The molecule has 1 saturated heterocycles. The standard InChI is InChI=1S/C14H24O2/c1-10-9-12(15)16-14(10)7-5-11(6-8-14)13(2,3)4/h10-11H,5-9H2,1-4H3. The minimum absolute atomic E-state index is 0.0155. The maximum Gasteiger partial charge on any atom is 0.306 e. The first-order valence-corrected chi connectivity index (χ1v) is 6.55. The summed E-state index contributed by atoms with van der Waals surface area (Å²) in [5, 5.41) is 0. The maximum atomic E-state index is 11.4. The Balaban J connectivity index is 2.02. The van der Waals surface area contributed by atoms with Crippen LogP contribution in [0.15, 0.2) is 0 Å². The predicted octanol–water partition coefficient (Wildman–Crippen LogP) is 3.54. The van der Waals surface area contributed by atoms with E-state index in [1.54, 1.807) is 0 Å². The number of carbonyl (C=O) groups is 1. The number of hydrogen-bond donors (Lipinski definition) is 0. The molecule has 2 aliphatic rings. The Kier molecular flexibility index (Phi) is 2.80. The third-order valence-electron chi connectivity index (χ3n) is 4.74. The fourth-order valence-corrected chi connectivity index (χ4v) is 3.37. The summed E-state index contributed by atoms with van der Waals surface area (Å²) in [5.74, 6) is 1.22. The van der Waals surface area contributed by atoms with Gasteiger partial charge in [0.1, 0.15) is 5.60 Å². The molecule has 16 heavy (non-hydrogen) atoms. The lowest BCUT2D eigenvalue weighted by atomic mass is 9.66. The average molecular weight is 224 g/mol. The highest BCUT2D eigenvalue weighted by Crippen LogP contribution is 2.48. The average Bonchev–Trinajstić information content (AvgIpc) is 2.41. The Hall–Kier alpha value is -0.530. The van der Waals surface area contributed by atoms with Gasteiger partial charge in [0.25, 0.3) is 0 Å². The molecule has 0 aromatic carbocycles. The third-order valence-corrected chi connectivity index (χ3v) is 4.74. The summed E-state index contributed by atoms with van der Waals surface area (Å²) in [6.45, 7) is 9.13. The van der Waals surface area contributed by atoms with Crippen molar-refractivity contribution in [3.8, 4) is 0 Å². The molecular formula is C14H24O2. The van der Waals surface area contributed by atoms with Crippen molar-refractivity contribution in [2.75, 3.05) is 0 Å². The van der Waals surface area contributed by atoms with Gasteiger partial charge in [-0.25, -0.2) is 0 Å². The highest BCUT2D eigenvalue weighted by molar-refractivity contribution is 5.72. The van der Waals surface area contributed by atoms with Crippen molar-refractivity contribution in [3.63, 3.8) is 0 Å². The van der Waals surface area contributed by atoms with Gasteiger partial charge >= 0.3 is 5.97 Å². The van der Waals surface area contributed by atoms with E-state index in [-0.39, 0.29) is 11.6 Å². The Morgan fingerprint density at radius 1 is 1.25 bits per heavy atom. The molecule has 1 aliphatic carbocycles. The predicted molar refractivity (Wildman–Crippen MR) is 64.0 cm³/mol. The quantitative estimate of drug-likeness (QED) is 0.588. The van der Waals surface area contributed by atoms with Gasteiger partial charge < -0.3 is 4.74 Å². The highest BCUT2D eigenvalue weighted by Gasteiger charge is 2.49. The van der Waals surface area contributed by atoms with Crippen LogP contribution in [0, 0.1) is 17.3 Å². The van der Waals surface area contributed by atoms with Crippen molar-refractivity contribution >= 4 is 5.97 Å². The second-order valence-electron chi connectivity index (χ2n) is 6.78. The molecule has 0 aromatic rings. The second-order valence-corrected chi connectivity index (χ2v) is 6.78. The van der Waals surface area contributed by atoms with E-state index >= 15 is 0 Å². The van der Waals surface area contributed by atoms with E-state index in [1.165, 1.54) is 12.8 Å². The van der Waals surface area contributed by atoms with Gasteiger partial charge in [-0.2, -0.15) is 0 Å². The van der Waals surface area contributed by atoms with Crippen LogP contribution >= 0.6 is 0 Å². The smallest absolute Gasteiger partial charge is 0.306 e. The molecule has 1 heterocycles. The van der Waals surface area contributed by atoms with Gasteiger partial charge in [-0.15, -0.1) is 0 Å². The molecule has 0 N–H and O–H groups in total. The van der Waals surface area contributed by atoms with E-state index in [1.807, 2.05) is 0 Å². The van der Waals surface area contributed by atoms with Crippen molar-refractivity contribution in [2.24, 2.45) is 17.3 Å². The fraction of sp³-hybridized carbons (Fsp3) is 0.929. The zero-order valence-corrected chi connectivity index (χ0v) is 11.0. The van der Waals surface area contributed by atoms with Crippen LogP contribution in [0.2, 0.25) is 0 Å². The molecule has 1 spiro atoms. The Morgan fingerprint density at radius 3 is 2.19 bits per heavy atom. The summed E-state index contributed by atoms with van der Waals surface area (Å²) in [6.07, 6.45) is 5.19. The molecule has 0 aromatic heterocycles. The highest BCUT2D eigenvalue weighted by atomic mass is 16.6. The largest absolute Gasteiger partial charge is 0.459 e. The van der Waals surface area contributed by atoms with Gasteiger partial charge in [0.15, 0.2) is 0 Å². The molecular weight excluding hydrogens is 200 g/mol. The van der Waals surface area contributed by atoms with Crippen LogP contribution < -0.4 is 0 Å². The number of carbonyl (C=O) groups excluding carboxylic acids is 1. The van der Waals surface area contributed by atoms with Crippen molar-refractivity contribution in [3.05, 3.63) is 0 Å². The first kappa shape index (κ1) is 11.9. The molecule has 0 bridgehead atoms. The van der Waals surface area contributed by atoms with E-state index in [9.17, 15) is 4.79 Å². The van der Waals surface area contributed by atoms with E-state index < -0.39 is 0 Å². The third kappa shape index (κ3) is 1.99. The number of ether oxygens (including phenoxy) is 1. The molecule has 2 nitrogen and oxygen atoms in total. The molecule has 1 unspecified atom stereocenters. The SMILES string of the molecule is CC1CC(=O)OC12CCC(C(C)(C)C)CC2. The minimum atomic E-state index is -0.0984. The van der Waals surface area contributed by atoms with E-state index in [4.69, 9.17) is 4.74 Å². The monoisotopic (exact) mass is 224 g/mol. The van der Waals surface area contributed by atoms with Gasteiger partial charge in [0.05, 0.1) is 6.42 Å². The summed E-state index contributed by atoms with van der Waals surface area (Å²) in [5.41, 5.74) is 0.298. The second kappa shape index (κ2) is 3.75. The van der Waals surface area contributed by atoms with Crippen LogP contribution in [0.1, 0.15) is 59.8 Å². The van der Waals surface area contributed by atoms with Gasteiger partial charge in [-0.3, -0.25) is 4.79 Å². The molecule has 2 rings (SSSR count). The summed E-state index contributed by atoms with van der Waals surface area (Å²) in [4.78, 5) is 11.4. The summed E-state index contributed by atoms with van der Waals surface area (Å²) < 4.78 is 5.62. The first-order valence-electron chi connectivity index (χ1n) is 6.55. The van der Waals surface area contributed by atoms with Crippen LogP contribution in [0.4, 0.5) is 0 Å². The zero-order valence-electron chi connectivity index (χ0n) is 11.0. The van der Waals surface area contributed by atoms with E-state index in [0.29, 0.717) is 17.8 Å². The lowest BCUT2D eigenvalue weighted by molar-refractivity contribution is -0.153. The number of rotatable bonds is 0. The first-order chi connectivity index (χ1) is 7.33. The minimum Gasteiger partial charge on any atom is -0.459 e. The Bertz CT molecular complexity index is 280. The van der Waals surface area contributed by atoms with Crippen molar-refractivity contribution in [1.29, 1.82) is 0 Å². The normalized spacial score (nSPS) is 40.1. The lowest BCUT2D eigenvalue weighted by Gasteiger charge is -2.43. The molecule has 2 fully saturated rings. The summed E-state index contributed by atoms with van der Waals surface area (Å²) >= 11 is 0. The van der Waals surface area contributed by atoms with E-state index in [0.717, 1.165) is 18.8 Å². The summed E-state index contributed by atoms with van der Waals surface area (Å²) in [7, 11) is 0. The molecule has 1 atom stereocenters. The lowest BCUT2D eigenvalue weighted by Crippen LogP contribution is -2.41. The molecule has 0 amide bonds. The molecule has 1 aliphatic heterocycles. The van der Waals surface area contributed by atoms with Gasteiger partial charge in [0, 0.05) is 5.92 Å². The summed E-state index contributed by atoms with van der Waals surface area (Å²) in [6, 6.07) is 0. The van der Waals surface area contributed by atoms with Crippen LogP contribution in [0.25, 0.3) is 0 Å². The molecule has 2 heteroatoms. The molecule has 92 valence electrons. The van der Waals surface area contributed by atoms with Crippen molar-refractivity contribution in [2.45, 2.75) is 65.4 Å². The molecule has 1 saturated carbocycles. The number of hydrogen-bond acceptors (Lipinski definition) is 2. The number of esters is 1. The topological polar surface area (TPSA) is 26.3 Å².